The first-order valence-corrected chi connectivity index (χ1v) is 11.6. The minimum Gasteiger partial charge on any atom is -0.484 e. The second-order valence-electron chi connectivity index (χ2n) is 8.63. The number of aromatic amines is 1. The molecule has 0 radical (unpaired) electrons. The van der Waals surface area contributed by atoms with Gasteiger partial charge in [0.2, 0.25) is 0 Å². The van der Waals surface area contributed by atoms with Crippen LogP contribution in [0, 0.1) is 0 Å². The Kier molecular flexibility index (Phi) is 6.40. The molecule has 1 amide bonds. The molecule has 2 unspecified atom stereocenters. The second-order valence-corrected chi connectivity index (χ2v) is 8.63. The first-order valence-electron chi connectivity index (χ1n) is 11.6. The van der Waals surface area contributed by atoms with Crippen LogP contribution in [0.25, 0.3) is 10.9 Å². The van der Waals surface area contributed by atoms with E-state index in [1.807, 2.05) is 42.5 Å². The molecule has 36 heavy (non-hydrogen) atoms. The Hall–Kier alpha value is -4.59. The third-order valence-corrected chi connectivity index (χ3v) is 6.25. The summed E-state index contributed by atoms with van der Waals surface area (Å²) in [4.78, 5) is 39.6. The summed E-state index contributed by atoms with van der Waals surface area (Å²) in [5, 5.41) is 13.1. The van der Waals surface area contributed by atoms with Crippen LogP contribution in [0.4, 0.5) is 0 Å². The standard InChI is InChI=1S/C28H24N2O6/c31-26(30-24(27(32)33)13-19-15-29-23-8-4-3-6-21(19)23)16-35-20-11-9-17(10-12-20)25-14-18-5-1-2-7-22(18)28(34)36-25/h1-12,15,24-25,29H,13-14,16H2,(H,30,31)(H,32,33). The molecule has 4 aromatic rings. The molecule has 0 saturated carbocycles. The van der Waals surface area contributed by atoms with Gasteiger partial charge in [-0.3, -0.25) is 4.79 Å². The van der Waals surface area contributed by atoms with Crippen molar-refractivity contribution in [2.75, 3.05) is 6.61 Å². The van der Waals surface area contributed by atoms with E-state index in [1.54, 1.807) is 36.5 Å². The van der Waals surface area contributed by atoms with Gasteiger partial charge in [-0.15, -0.1) is 0 Å². The SMILES string of the molecule is O=C(COc1ccc(C2Cc3ccccc3C(=O)O2)cc1)NC(Cc1c[nH]c2ccccc12)C(=O)O. The van der Waals surface area contributed by atoms with Gasteiger partial charge < -0.3 is 24.9 Å². The fourth-order valence-corrected chi connectivity index (χ4v) is 4.40. The lowest BCUT2D eigenvalue weighted by atomic mass is 9.95. The fourth-order valence-electron chi connectivity index (χ4n) is 4.40. The number of fused-ring (bicyclic) bond motifs is 2. The zero-order chi connectivity index (χ0) is 25.1. The summed E-state index contributed by atoms with van der Waals surface area (Å²) in [5.41, 5.74) is 4.06. The topological polar surface area (TPSA) is 118 Å². The molecule has 1 aliphatic heterocycles. The van der Waals surface area contributed by atoms with E-state index in [-0.39, 0.29) is 19.0 Å². The van der Waals surface area contributed by atoms with E-state index >= 15 is 0 Å². The van der Waals surface area contributed by atoms with Gasteiger partial charge in [0, 0.05) is 29.9 Å². The molecule has 2 atom stereocenters. The van der Waals surface area contributed by atoms with Crippen molar-refractivity contribution >= 4 is 28.7 Å². The van der Waals surface area contributed by atoms with E-state index in [0.29, 0.717) is 17.7 Å². The quantitative estimate of drug-likeness (QED) is 0.328. The van der Waals surface area contributed by atoms with Crippen LogP contribution in [0.1, 0.15) is 33.2 Å². The lowest BCUT2D eigenvalue weighted by Crippen LogP contribution is -2.44. The molecule has 0 spiro atoms. The molecule has 2 heterocycles. The maximum Gasteiger partial charge on any atom is 0.339 e. The molecular weight excluding hydrogens is 460 g/mol. The summed E-state index contributed by atoms with van der Waals surface area (Å²) in [6.45, 7) is -0.331. The van der Waals surface area contributed by atoms with E-state index in [2.05, 4.69) is 10.3 Å². The van der Waals surface area contributed by atoms with Gasteiger partial charge in [-0.1, -0.05) is 48.5 Å². The number of para-hydroxylation sites is 1. The number of amides is 1. The minimum absolute atomic E-state index is 0.142. The number of ether oxygens (including phenoxy) is 2. The van der Waals surface area contributed by atoms with E-state index in [9.17, 15) is 19.5 Å². The Morgan fingerprint density at radius 3 is 2.61 bits per heavy atom. The number of nitrogens with one attached hydrogen (secondary N) is 2. The number of carbonyl (C=O) groups excluding carboxylic acids is 2. The molecule has 8 nitrogen and oxygen atoms in total. The predicted molar refractivity (Wildman–Crippen MR) is 132 cm³/mol. The molecule has 1 aliphatic rings. The number of aliphatic carboxylic acids is 1. The van der Waals surface area contributed by atoms with Gasteiger partial charge in [-0.25, -0.2) is 9.59 Å². The largest absolute Gasteiger partial charge is 0.484 e. The molecule has 3 aromatic carbocycles. The van der Waals surface area contributed by atoms with Gasteiger partial charge in [-0.05, 0) is 41.0 Å². The normalized spacial score (nSPS) is 15.6. The van der Waals surface area contributed by atoms with Gasteiger partial charge in [0.15, 0.2) is 6.61 Å². The third kappa shape index (κ3) is 4.93. The number of carboxylic acids is 1. The van der Waals surface area contributed by atoms with Gasteiger partial charge in [0.25, 0.3) is 5.91 Å². The Bertz CT molecular complexity index is 1430. The summed E-state index contributed by atoms with van der Waals surface area (Å²) in [5.74, 6) is -1.56. The number of carboxylic acid groups (broad SMARTS) is 1. The highest BCUT2D eigenvalue weighted by atomic mass is 16.5. The molecule has 182 valence electrons. The van der Waals surface area contributed by atoms with Gasteiger partial charge in [0.05, 0.1) is 5.56 Å². The van der Waals surface area contributed by atoms with Crippen LogP contribution >= 0.6 is 0 Å². The summed E-state index contributed by atoms with van der Waals surface area (Å²) >= 11 is 0. The first kappa shape index (κ1) is 23.2. The lowest BCUT2D eigenvalue weighted by Gasteiger charge is -2.25. The van der Waals surface area contributed by atoms with Crippen LogP contribution in [0.15, 0.2) is 79.0 Å². The van der Waals surface area contributed by atoms with Crippen LogP contribution in [-0.2, 0) is 27.2 Å². The molecule has 0 bridgehead atoms. The lowest BCUT2D eigenvalue weighted by molar-refractivity contribution is -0.142. The van der Waals surface area contributed by atoms with Crippen LogP contribution in [0.5, 0.6) is 5.75 Å². The molecule has 8 heteroatoms. The number of hydrogen-bond donors (Lipinski definition) is 3. The number of hydrogen-bond acceptors (Lipinski definition) is 5. The molecule has 3 N–H and O–H groups in total. The smallest absolute Gasteiger partial charge is 0.339 e. The molecule has 0 aliphatic carbocycles. The number of rotatable bonds is 8. The maximum atomic E-state index is 12.4. The van der Waals surface area contributed by atoms with Crippen molar-refractivity contribution in [3.05, 3.63) is 101 Å². The summed E-state index contributed by atoms with van der Waals surface area (Å²) in [6.07, 6.45) is 2.08. The van der Waals surface area contributed by atoms with Crippen molar-refractivity contribution in [1.29, 1.82) is 0 Å². The highest BCUT2D eigenvalue weighted by molar-refractivity contribution is 5.92. The molecule has 0 saturated heterocycles. The van der Waals surface area contributed by atoms with Crippen LogP contribution in [0.3, 0.4) is 0 Å². The van der Waals surface area contributed by atoms with E-state index in [0.717, 1.165) is 27.6 Å². The summed E-state index contributed by atoms with van der Waals surface area (Å²) < 4.78 is 11.1. The Balaban J connectivity index is 1.17. The van der Waals surface area contributed by atoms with E-state index in [4.69, 9.17) is 9.47 Å². The molecule has 5 rings (SSSR count). The van der Waals surface area contributed by atoms with Crippen LogP contribution in [0.2, 0.25) is 0 Å². The molecule has 0 fully saturated rings. The van der Waals surface area contributed by atoms with Crippen molar-refractivity contribution in [1.82, 2.24) is 10.3 Å². The average molecular weight is 485 g/mol. The monoisotopic (exact) mass is 484 g/mol. The minimum atomic E-state index is -1.12. The van der Waals surface area contributed by atoms with Crippen molar-refractivity contribution < 1.29 is 29.0 Å². The maximum absolute atomic E-state index is 12.4. The Morgan fingerprint density at radius 2 is 1.81 bits per heavy atom. The number of esters is 1. The van der Waals surface area contributed by atoms with Crippen molar-refractivity contribution in [2.24, 2.45) is 0 Å². The van der Waals surface area contributed by atoms with Gasteiger partial charge in [0.1, 0.15) is 17.9 Å². The molecule has 1 aromatic heterocycles. The third-order valence-electron chi connectivity index (χ3n) is 6.25. The number of benzene rings is 3. The average Bonchev–Trinajstić information content (AvgIpc) is 3.30. The fraction of sp³-hybridized carbons (Fsp3) is 0.179. The van der Waals surface area contributed by atoms with E-state index < -0.39 is 24.0 Å². The molecular formula is C28H24N2O6. The van der Waals surface area contributed by atoms with Crippen molar-refractivity contribution in [3.63, 3.8) is 0 Å². The Labute approximate surface area is 206 Å². The number of aromatic nitrogens is 1. The zero-order valence-corrected chi connectivity index (χ0v) is 19.3. The van der Waals surface area contributed by atoms with Gasteiger partial charge >= 0.3 is 11.9 Å². The number of cyclic esters (lactones) is 1. The zero-order valence-electron chi connectivity index (χ0n) is 19.3. The summed E-state index contributed by atoms with van der Waals surface area (Å²) in [7, 11) is 0. The Morgan fingerprint density at radius 1 is 1.06 bits per heavy atom. The van der Waals surface area contributed by atoms with Crippen molar-refractivity contribution in [2.45, 2.75) is 25.0 Å². The summed E-state index contributed by atoms with van der Waals surface area (Å²) in [6, 6.07) is 20.8. The second kappa shape index (κ2) is 9.95. The van der Waals surface area contributed by atoms with Crippen molar-refractivity contribution in [3.8, 4) is 5.75 Å². The van der Waals surface area contributed by atoms with Crippen LogP contribution < -0.4 is 10.1 Å². The predicted octanol–water partition coefficient (Wildman–Crippen LogP) is 3.81. The highest BCUT2D eigenvalue weighted by Crippen LogP contribution is 2.31. The number of carbonyl (C=O) groups is 3. The van der Waals surface area contributed by atoms with Gasteiger partial charge in [-0.2, -0.15) is 0 Å². The number of H-pyrrole nitrogens is 1. The highest BCUT2D eigenvalue weighted by Gasteiger charge is 2.27. The van der Waals surface area contributed by atoms with E-state index in [1.165, 1.54) is 0 Å². The van der Waals surface area contributed by atoms with Crippen LogP contribution in [-0.4, -0.2) is 40.6 Å². The first-order chi connectivity index (χ1) is 17.5.